The fourth-order valence-electron chi connectivity index (χ4n) is 1.45. The molecule has 2 rings (SSSR count). The maximum Gasteiger partial charge on any atom is 0.337 e. The smallest absolute Gasteiger partial charge is 0.337 e. The van der Waals surface area contributed by atoms with Gasteiger partial charge in [-0.1, -0.05) is 0 Å². The van der Waals surface area contributed by atoms with Crippen LogP contribution in [0.1, 0.15) is 16.1 Å². The van der Waals surface area contributed by atoms with Crippen molar-refractivity contribution >= 4 is 16.9 Å². The molecule has 2 aromatic rings. The van der Waals surface area contributed by atoms with E-state index in [1.165, 1.54) is 24.3 Å². The molecule has 1 aromatic carbocycles. The van der Waals surface area contributed by atoms with Gasteiger partial charge in [0, 0.05) is 11.5 Å². The van der Waals surface area contributed by atoms with Crippen LogP contribution in [0.4, 0.5) is 4.39 Å². The van der Waals surface area contributed by atoms with Crippen molar-refractivity contribution < 1.29 is 14.3 Å². The van der Waals surface area contributed by atoms with Gasteiger partial charge in [-0.15, -0.1) is 0 Å². The average Bonchev–Trinajstić information content (AvgIpc) is 2.15. The van der Waals surface area contributed by atoms with Crippen LogP contribution in [0.3, 0.4) is 0 Å². The molecule has 76 valence electrons. The summed E-state index contributed by atoms with van der Waals surface area (Å²) in [5, 5.41) is 9.49. The number of fused-ring (bicyclic) bond motifs is 1. The van der Waals surface area contributed by atoms with Gasteiger partial charge in [0.05, 0.1) is 16.8 Å². The van der Waals surface area contributed by atoms with Crippen molar-refractivity contribution in [2.24, 2.45) is 0 Å². The highest BCUT2D eigenvalue weighted by Crippen LogP contribution is 2.17. The molecule has 0 aliphatic heterocycles. The van der Waals surface area contributed by atoms with Crippen LogP contribution >= 0.6 is 0 Å². The van der Waals surface area contributed by atoms with Gasteiger partial charge in [0.25, 0.3) is 0 Å². The Balaban J connectivity index is 2.76. The number of aromatic carboxylic acids is 1. The molecule has 0 spiro atoms. The van der Waals surface area contributed by atoms with E-state index >= 15 is 0 Å². The monoisotopic (exact) mass is 205 g/mol. The Labute approximate surface area is 85.2 Å². The minimum absolute atomic E-state index is 0.147. The summed E-state index contributed by atoms with van der Waals surface area (Å²) in [4.78, 5) is 14.9. The van der Waals surface area contributed by atoms with Crippen LogP contribution in [0.5, 0.6) is 0 Å². The first-order valence-corrected chi connectivity index (χ1v) is 4.38. The minimum Gasteiger partial charge on any atom is -0.478 e. The van der Waals surface area contributed by atoms with E-state index in [1.807, 2.05) is 0 Å². The first kappa shape index (κ1) is 9.58. The third-order valence-corrected chi connectivity index (χ3v) is 2.20. The molecule has 0 aliphatic carbocycles. The van der Waals surface area contributed by atoms with E-state index in [4.69, 9.17) is 5.11 Å². The number of carbonyl (C=O) groups is 1. The number of hydrogen-bond acceptors (Lipinski definition) is 2. The second-order valence-electron chi connectivity index (χ2n) is 3.26. The fourth-order valence-corrected chi connectivity index (χ4v) is 1.45. The Bertz CT molecular complexity index is 552. The third-order valence-electron chi connectivity index (χ3n) is 2.20. The maximum absolute atomic E-state index is 12.9. The quantitative estimate of drug-likeness (QED) is 0.777. The van der Waals surface area contributed by atoms with Gasteiger partial charge >= 0.3 is 5.97 Å². The van der Waals surface area contributed by atoms with Crippen molar-refractivity contribution in [1.29, 1.82) is 0 Å². The standard InChI is InChI=1S/C11H8FNO2/c1-6-9(11(14)15)4-7-2-3-8(12)5-10(7)13-6/h2-5H,1H3,(H,14,15). The van der Waals surface area contributed by atoms with Crippen LogP contribution in [-0.2, 0) is 0 Å². The van der Waals surface area contributed by atoms with Crippen LogP contribution in [-0.4, -0.2) is 16.1 Å². The summed E-state index contributed by atoms with van der Waals surface area (Å²) in [5.74, 6) is -1.40. The van der Waals surface area contributed by atoms with Gasteiger partial charge in [-0.05, 0) is 25.1 Å². The van der Waals surface area contributed by atoms with Crippen molar-refractivity contribution in [2.45, 2.75) is 6.92 Å². The lowest BCUT2D eigenvalue weighted by Gasteiger charge is -2.03. The molecule has 0 unspecified atom stereocenters. The number of rotatable bonds is 1. The van der Waals surface area contributed by atoms with Crippen molar-refractivity contribution in [3.8, 4) is 0 Å². The lowest BCUT2D eigenvalue weighted by Crippen LogP contribution is -2.01. The zero-order valence-electron chi connectivity index (χ0n) is 7.99. The van der Waals surface area contributed by atoms with Gasteiger partial charge in [0.15, 0.2) is 0 Å². The predicted molar refractivity (Wildman–Crippen MR) is 53.4 cm³/mol. The summed E-state index contributed by atoms with van der Waals surface area (Å²) in [6.07, 6.45) is 0. The van der Waals surface area contributed by atoms with E-state index in [9.17, 15) is 9.18 Å². The lowest BCUT2D eigenvalue weighted by atomic mass is 10.1. The number of hydrogen-bond donors (Lipinski definition) is 1. The number of nitrogens with zero attached hydrogens (tertiary/aromatic N) is 1. The molecule has 0 bridgehead atoms. The first-order valence-electron chi connectivity index (χ1n) is 4.38. The van der Waals surface area contributed by atoms with Crippen LogP contribution in [0, 0.1) is 12.7 Å². The number of aryl methyl sites for hydroxylation is 1. The molecule has 0 saturated carbocycles. The van der Waals surface area contributed by atoms with Crippen LogP contribution < -0.4 is 0 Å². The van der Waals surface area contributed by atoms with E-state index in [2.05, 4.69) is 4.98 Å². The van der Waals surface area contributed by atoms with Crippen LogP contribution in [0.2, 0.25) is 0 Å². The summed E-state index contributed by atoms with van der Waals surface area (Å²) in [6, 6.07) is 5.59. The van der Waals surface area contributed by atoms with Crippen molar-refractivity contribution in [1.82, 2.24) is 4.98 Å². The number of aromatic nitrogens is 1. The van der Waals surface area contributed by atoms with E-state index < -0.39 is 5.97 Å². The molecule has 4 heteroatoms. The van der Waals surface area contributed by atoms with E-state index in [0.717, 1.165) is 0 Å². The number of halogens is 1. The second kappa shape index (κ2) is 3.31. The van der Waals surface area contributed by atoms with Crippen LogP contribution in [0.25, 0.3) is 10.9 Å². The predicted octanol–water partition coefficient (Wildman–Crippen LogP) is 2.38. The summed E-state index contributed by atoms with van der Waals surface area (Å²) >= 11 is 0. The molecule has 0 saturated heterocycles. The molecular weight excluding hydrogens is 197 g/mol. The zero-order chi connectivity index (χ0) is 11.0. The molecule has 0 atom stereocenters. The summed E-state index contributed by atoms with van der Waals surface area (Å²) < 4.78 is 12.9. The average molecular weight is 205 g/mol. The maximum atomic E-state index is 12.9. The molecule has 1 N–H and O–H groups in total. The highest BCUT2D eigenvalue weighted by Gasteiger charge is 2.09. The Morgan fingerprint density at radius 3 is 2.80 bits per heavy atom. The Morgan fingerprint density at radius 2 is 2.13 bits per heavy atom. The number of benzene rings is 1. The second-order valence-corrected chi connectivity index (χ2v) is 3.26. The molecule has 0 amide bonds. The summed E-state index contributed by atoms with van der Waals surface area (Å²) in [5.41, 5.74) is 1.01. The van der Waals surface area contributed by atoms with Crippen molar-refractivity contribution in [3.05, 3.63) is 41.3 Å². The zero-order valence-corrected chi connectivity index (χ0v) is 7.99. The highest BCUT2D eigenvalue weighted by molar-refractivity contribution is 5.93. The van der Waals surface area contributed by atoms with E-state index in [-0.39, 0.29) is 11.4 Å². The van der Waals surface area contributed by atoms with Gasteiger partial charge in [-0.3, -0.25) is 4.98 Å². The van der Waals surface area contributed by atoms with E-state index in [1.54, 1.807) is 6.92 Å². The molecule has 1 heterocycles. The molecular formula is C11H8FNO2. The van der Waals surface area contributed by atoms with Gasteiger partial charge in [-0.25, -0.2) is 9.18 Å². The number of pyridine rings is 1. The molecule has 0 radical (unpaired) electrons. The minimum atomic E-state index is -1.02. The molecule has 0 fully saturated rings. The molecule has 15 heavy (non-hydrogen) atoms. The topological polar surface area (TPSA) is 50.2 Å². The summed E-state index contributed by atoms with van der Waals surface area (Å²) in [6.45, 7) is 1.59. The van der Waals surface area contributed by atoms with Crippen molar-refractivity contribution in [3.63, 3.8) is 0 Å². The fraction of sp³-hybridized carbons (Fsp3) is 0.0909. The Kier molecular flexibility index (Phi) is 2.11. The number of carboxylic acid groups (broad SMARTS) is 1. The SMILES string of the molecule is Cc1nc2cc(F)ccc2cc1C(=O)O. The molecule has 1 aromatic heterocycles. The largest absolute Gasteiger partial charge is 0.478 e. The number of carboxylic acids is 1. The molecule has 0 aliphatic rings. The van der Waals surface area contributed by atoms with Crippen molar-refractivity contribution in [2.75, 3.05) is 0 Å². The summed E-state index contributed by atoms with van der Waals surface area (Å²) in [7, 11) is 0. The molecule has 3 nitrogen and oxygen atoms in total. The first-order chi connectivity index (χ1) is 7.08. The van der Waals surface area contributed by atoms with Crippen LogP contribution in [0.15, 0.2) is 24.3 Å². The highest BCUT2D eigenvalue weighted by atomic mass is 19.1. The van der Waals surface area contributed by atoms with Gasteiger partial charge < -0.3 is 5.11 Å². The normalized spacial score (nSPS) is 10.5. The Morgan fingerprint density at radius 1 is 1.40 bits per heavy atom. The van der Waals surface area contributed by atoms with Gasteiger partial charge in [0.1, 0.15) is 5.82 Å². The van der Waals surface area contributed by atoms with E-state index in [0.29, 0.717) is 16.6 Å². The van der Waals surface area contributed by atoms with Gasteiger partial charge in [0.2, 0.25) is 0 Å². The lowest BCUT2D eigenvalue weighted by molar-refractivity contribution is 0.0696. The Hall–Kier alpha value is -1.97. The van der Waals surface area contributed by atoms with Gasteiger partial charge in [-0.2, -0.15) is 0 Å². The third kappa shape index (κ3) is 1.66.